The van der Waals surface area contributed by atoms with Gasteiger partial charge in [0, 0.05) is 11.5 Å². The first-order chi connectivity index (χ1) is 8.31. The molecule has 0 N–H and O–H groups in total. The van der Waals surface area contributed by atoms with Crippen LogP contribution in [0.4, 0.5) is 0 Å². The van der Waals surface area contributed by atoms with Gasteiger partial charge in [-0.15, -0.1) is 0 Å². The molecule has 0 aliphatic heterocycles. The molecule has 2 aliphatic rings. The highest BCUT2D eigenvalue weighted by Crippen LogP contribution is 2.56. The molecule has 3 rings (SSSR count). The minimum absolute atomic E-state index is 0.325. The number of carbonyl (C=O) groups is 1. The lowest BCUT2D eigenvalue weighted by atomic mass is 10.0. The molecule has 90 valence electrons. The number of ketones is 1. The van der Waals surface area contributed by atoms with Crippen LogP contribution < -0.4 is 4.74 Å². The molecule has 2 fully saturated rings. The van der Waals surface area contributed by atoms with Crippen molar-refractivity contribution in [2.75, 3.05) is 7.11 Å². The van der Waals surface area contributed by atoms with Crippen LogP contribution in [0.5, 0.6) is 5.75 Å². The molecule has 0 saturated heterocycles. The number of rotatable bonds is 3. The number of benzene rings is 1. The lowest BCUT2D eigenvalue weighted by Crippen LogP contribution is -2.04. The van der Waals surface area contributed by atoms with Crippen molar-refractivity contribution >= 4 is 5.78 Å². The van der Waals surface area contributed by atoms with Crippen molar-refractivity contribution < 1.29 is 9.53 Å². The number of ether oxygens (including phenoxy) is 1. The molecule has 0 radical (unpaired) electrons. The molecule has 2 heteroatoms. The zero-order valence-corrected chi connectivity index (χ0v) is 10.2. The van der Waals surface area contributed by atoms with Crippen LogP contribution in [0.3, 0.4) is 0 Å². The molecule has 2 nitrogen and oxygen atoms in total. The van der Waals surface area contributed by atoms with Gasteiger partial charge in [0.05, 0.1) is 7.11 Å². The maximum absolute atomic E-state index is 12.3. The van der Waals surface area contributed by atoms with Crippen LogP contribution in [0, 0.1) is 17.8 Å². The summed E-state index contributed by atoms with van der Waals surface area (Å²) in [5.74, 6) is 2.88. The summed E-state index contributed by atoms with van der Waals surface area (Å²) in [7, 11) is 1.65. The van der Waals surface area contributed by atoms with Crippen LogP contribution in [0.15, 0.2) is 24.3 Å². The molecule has 0 amide bonds. The van der Waals surface area contributed by atoms with E-state index in [1.54, 1.807) is 7.11 Å². The lowest BCUT2D eigenvalue weighted by molar-refractivity contribution is 0.0956. The van der Waals surface area contributed by atoms with Crippen molar-refractivity contribution in [2.45, 2.75) is 25.7 Å². The molecule has 2 aliphatic carbocycles. The summed E-state index contributed by atoms with van der Waals surface area (Å²) in [4.78, 5) is 12.3. The van der Waals surface area contributed by atoms with Gasteiger partial charge in [-0.25, -0.2) is 0 Å². The standard InChI is InChI=1S/C15H18O2/c1-17-11-8-6-10(7-9-11)15(16)14-12-4-2-3-5-13(12)14/h6-9,12-14H,2-5H2,1H3. The van der Waals surface area contributed by atoms with Gasteiger partial charge in [-0.3, -0.25) is 4.79 Å². The minimum atomic E-state index is 0.325. The molecular formula is C15H18O2. The van der Waals surface area contributed by atoms with Gasteiger partial charge < -0.3 is 4.74 Å². The summed E-state index contributed by atoms with van der Waals surface area (Å²) in [6, 6.07) is 7.54. The van der Waals surface area contributed by atoms with Crippen molar-refractivity contribution in [3.63, 3.8) is 0 Å². The SMILES string of the molecule is COc1ccc(C(=O)C2C3CCCCC32)cc1. The second-order valence-corrected chi connectivity index (χ2v) is 5.23. The highest BCUT2D eigenvalue weighted by Gasteiger charge is 2.54. The van der Waals surface area contributed by atoms with Crippen LogP contribution in [0.25, 0.3) is 0 Å². The van der Waals surface area contributed by atoms with E-state index < -0.39 is 0 Å². The first kappa shape index (κ1) is 10.8. The molecular weight excluding hydrogens is 212 g/mol. The Kier molecular flexibility index (Phi) is 2.65. The third kappa shape index (κ3) is 1.86. The quantitative estimate of drug-likeness (QED) is 0.745. The fraction of sp³-hybridized carbons (Fsp3) is 0.533. The molecule has 2 saturated carbocycles. The molecule has 1 aromatic rings. The smallest absolute Gasteiger partial charge is 0.166 e. The van der Waals surface area contributed by atoms with E-state index in [1.807, 2.05) is 24.3 Å². The van der Waals surface area contributed by atoms with Crippen molar-refractivity contribution in [1.82, 2.24) is 0 Å². The van der Waals surface area contributed by atoms with E-state index in [2.05, 4.69) is 0 Å². The number of methoxy groups -OCH3 is 1. The van der Waals surface area contributed by atoms with Crippen LogP contribution in [0.2, 0.25) is 0 Å². The van der Waals surface area contributed by atoms with Gasteiger partial charge in [0.2, 0.25) is 0 Å². The number of carbonyl (C=O) groups excluding carboxylic acids is 1. The Balaban J connectivity index is 1.73. The monoisotopic (exact) mass is 230 g/mol. The summed E-state index contributed by atoms with van der Waals surface area (Å²) in [6.07, 6.45) is 5.15. The van der Waals surface area contributed by atoms with Gasteiger partial charge in [-0.05, 0) is 48.9 Å². The van der Waals surface area contributed by atoms with Gasteiger partial charge in [0.25, 0.3) is 0 Å². The van der Waals surface area contributed by atoms with Crippen LogP contribution in [-0.4, -0.2) is 12.9 Å². The van der Waals surface area contributed by atoms with Crippen molar-refractivity contribution in [1.29, 1.82) is 0 Å². The normalized spacial score (nSPS) is 30.5. The maximum Gasteiger partial charge on any atom is 0.166 e. The predicted octanol–water partition coefficient (Wildman–Crippen LogP) is 3.31. The summed E-state index contributed by atoms with van der Waals surface area (Å²) in [5.41, 5.74) is 0.852. The summed E-state index contributed by atoms with van der Waals surface area (Å²) < 4.78 is 5.11. The molecule has 0 spiro atoms. The van der Waals surface area contributed by atoms with Crippen LogP contribution in [0.1, 0.15) is 36.0 Å². The van der Waals surface area contributed by atoms with E-state index in [9.17, 15) is 4.79 Å². The average Bonchev–Trinajstić information content (AvgIpc) is 3.12. The fourth-order valence-corrected chi connectivity index (χ4v) is 3.33. The number of hydrogen-bond acceptors (Lipinski definition) is 2. The molecule has 0 heterocycles. The van der Waals surface area contributed by atoms with Gasteiger partial charge in [0.1, 0.15) is 5.75 Å². The first-order valence-electron chi connectivity index (χ1n) is 6.49. The first-order valence-corrected chi connectivity index (χ1v) is 6.49. The highest BCUT2D eigenvalue weighted by atomic mass is 16.5. The fourth-order valence-electron chi connectivity index (χ4n) is 3.33. The Labute approximate surface area is 102 Å². The van der Waals surface area contributed by atoms with E-state index in [1.165, 1.54) is 25.7 Å². The van der Waals surface area contributed by atoms with E-state index in [-0.39, 0.29) is 0 Å². The van der Waals surface area contributed by atoms with Crippen LogP contribution in [-0.2, 0) is 0 Å². The molecule has 2 unspecified atom stereocenters. The Morgan fingerprint density at radius 1 is 1.12 bits per heavy atom. The largest absolute Gasteiger partial charge is 0.497 e. The van der Waals surface area contributed by atoms with E-state index >= 15 is 0 Å². The lowest BCUT2D eigenvalue weighted by Gasteiger charge is -2.04. The number of Topliss-reactive ketones (excluding diaryl/α,β-unsaturated/α-hetero) is 1. The summed E-state index contributed by atoms with van der Waals surface area (Å²) in [5, 5.41) is 0. The van der Waals surface area contributed by atoms with Crippen molar-refractivity contribution in [3.8, 4) is 5.75 Å². The summed E-state index contributed by atoms with van der Waals surface area (Å²) >= 11 is 0. The minimum Gasteiger partial charge on any atom is -0.497 e. The zero-order chi connectivity index (χ0) is 11.8. The molecule has 1 aromatic carbocycles. The van der Waals surface area contributed by atoms with Crippen molar-refractivity contribution in [3.05, 3.63) is 29.8 Å². The highest BCUT2D eigenvalue weighted by molar-refractivity contribution is 6.00. The average molecular weight is 230 g/mol. The molecule has 17 heavy (non-hydrogen) atoms. The second kappa shape index (κ2) is 4.17. The predicted molar refractivity (Wildman–Crippen MR) is 66.3 cm³/mol. The number of hydrogen-bond donors (Lipinski definition) is 0. The van der Waals surface area contributed by atoms with Gasteiger partial charge in [0.15, 0.2) is 5.78 Å². The topological polar surface area (TPSA) is 26.3 Å². The van der Waals surface area contributed by atoms with E-state index in [0.29, 0.717) is 23.5 Å². The van der Waals surface area contributed by atoms with Gasteiger partial charge in [-0.2, -0.15) is 0 Å². The Morgan fingerprint density at radius 3 is 2.24 bits per heavy atom. The van der Waals surface area contributed by atoms with Gasteiger partial charge in [-0.1, -0.05) is 12.8 Å². The van der Waals surface area contributed by atoms with Crippen molar-refractivity contribution in [2.24, 2.45) is 17.8 Å². The van der Waals surface area contributed by atoms with Gasteiger partial charge >= 0.3 is 0 Å². The maximum atomic E-state index is 12.3. The van der Waals surface area contributed by atoms with Crippen LogP contribution >= 0.6 is 0 Å². The zero-order valence-electron chi connectivity index (χ0n) is 10.2. The molecule has 0 aromatic heterocycles. The third-order valence-corrected chi connectivity index (χ3v) is 4.33. The summed E-state index contributed by atoms with van der Waals surface area (Å²) in [6.45, 7) is 0. The third-order valence-electron chi connectivity index (χ3n) is 4.33. The molecule has 0 bridgehead atoms. The number of fused-ring (bicyclic) bond motifs is 1. The Bertz CT molecular complexity index is 409. The van der Waals surface area contributed by atoms with E-state index in [0.717, 1.165) is 11.3 Å². The molecule has 2 atom stereocenters. The second-order valence-electron chi connectivity index (χ2n) is 5.23. The Hall–Kier alpha value is -1.31. The Morgan fingerprint density at radius 2 is 1.71 bits per heavy atom. The van der Waals surface area contributed by atoms with E-state index in [4.69, 9.17) is 4.74 Å².